The van der Waals surface area contributed by atoms with Crippen LogP contribution in [0.1, 0.15) is 84.5 Å². The highest BCUT2D eigenvalue weighted by atomic mass is 32.1. The van der Waals surface area contributed by atoms with Crippen LogP contribution in [-0.2, 0) is 17.7 Å². The highest BCUT2D eigenvalue weighted by Gasteiger charge is 2.39. The Labute approximate surface area is 230 Å². The van der Waals surface area contributed by atoms with Gasteiger partial charge in [-0.15, -0.1) is 11.3 Å². The van der Waals surface area contributed by atoms with Crippen molar-refractivity contribution in [1.82, 2.24) is 14.8 Å². The first kappa shape index (κ1) is 26.5. The summed E-state index contributed by atoms with van der Waals surface area (Å²) in [4.78, 5) is 24.2. The lowest BCUT2D eigenvalue weighted by Gasteiger charge is -2.47. The number of nitrogens with zero attached hydrogens (tertiary/aromatic N) is 3. The van der Waals surface area contributed by atoms with Gasteiger partial charge in [0.15, 0.2) is 0 Å². The maximum Gasteiger partial charge on any atom is 0.252 e. The van der Waals surface area contributed by atoms with Crippen molar-refractivity contribution in [3.8, 4) is 0 Å². The summed E-state index contributed by atoms with van der Waals surface area (Å²) in [5.74, 6) is 0. The molecule has 4 heterocycles. The molecule has 2 aliphatic heterocycles. The van der Waals surface area contributed by atoms with Gasteiger partial charge >= 0.3 is 0 Å². The molecule has 38 heavy (non-hydrogen) atoms. The number of fused-ring (bicyclic) bond motifs is 1. The van der Waals surface area contributed by atoms with Crippen LogP contribution < -0.4 is 10.5 Å². The summed E-state index contributed by atoms with van der Waals surface area (Å²) in [7, 11) is 0. The number of nitrogens with one attached hydrogen (secondary N) is 1. The van der Waals surface area contributed by atoms with E-state index in [0.717, 1.165) is 55.0 Å². The molecule has 0 amide bonds. The molecular weight excluding hydrogens is 496 g/mol. The maximum absolute atomic E-state index is 12.6. The molecule has 2 saturated carbocycles. The van der Waals surface area contributed by atoms with Crippen LogP contribution in [0, 0.1) is 20.8 Å². The van der Waals surface area contributed by atoms with Crippen LogP contribution >= 0.6 is 11.3 Å². The lowest BCUT2D eigenvalue weighted by Crippen LogP contribution is -2.58. The molecule has 2 N–H and O–H groups in total. The molecule has 2 aromatic heterocycles. The number of rotatable bonds is 8. The highest BCUT2D eigenvalue weighted by molar-refractivity contribution is 7.16. The summed E-state index contributed by atoms with van der Waals surface area (Å²) in [5.41, 5.74) is 4.88. The topological polar surface area (TPSA) is 72.0 Å². The number of aryl methyl sites for hydroxylation is 2. The molecule has 4 aliphatic rings. The summed E-state index contributed by atoms with van der Waals surface area (Å²) < 4.78 is 6.08. The summed E-state index contributed by atoms with van der Waals surface area (Å²) in [6.07, 6.45) is 8.82. The molecule has 1 unspecified atom stereocenters. The number of likely N-dealkylation sites (tertiary alicyclic amines) is 1. The summed E-state index contributed by atoms with van der Waals surface area (Å²) in [6, 6.07) is 3.30. The predicted octanol–water partition coefficient (Wildman–Crippen LogP) is 4.41. The normalized spacial score (nSPS) is 26.8. The third-order valence-corrected chi connectivity index (χ3v) is 10.7. The van der Waals surface area contributed by atoms with E-state index in [1.807, 2.05) is 31.3 Å². The summed E-state index contributed by atoms with van der Waals surface area (Å²) in [6.45, 7) is 12.8. The second-order valence-corrected chi connectivity index (χ2v) is 13.1. The van der Waals surface area contributed by atoms with E-state index in [0.29, 0.717) is 30.8 Å². The van der Waals surface area contributed by atoms with E-state index in [1.54, 1.807) is 0 Å². The smallest absolute Gasteiger partial charge is 0.252 e. The average Bonchev–Trinajstić information content (AvgIpc) is 3.63. The van der Waals surface area contributed by atoms with Crippen LogP contribution in [0.15, 0.2) is 10.9 Å². The number of thiophene rings is 1. The summed E-state index contributed by atoms with van der Waals surface area (Å²) in [5, 5.41) is 12.8. The van der Waals surface area contributed by atoms with E-state index < -0.39 is 6.23 Å². The number of ether oxygens (including phenoxy) is 1. The van der Waals surface area contributed by atoms with Gasteiger partial charge in [-0.2, -0.15) is 0 Å². The Hall–Kier alpha value is -1.71. The molecule has 2 aromatic rings. The fourth-order valence-electron chi connectivity index (χ4n) is 7.00. The molecule has 0 bridgehead atoms. The average molecular weight is 541 g/mol. The second-order valence-electron chi connectivity index (χ2n) is 12.1. The second kappa shape index (κ2) is 10.7. The minimum absolute atomic E-state index is 0.0415. The Kier molecular flexibility index (Phi) is 7.46. The highest BCUT2D eigenvalue weighted by Crippen LogP contribution is 2.45. The quantitative estimate of drug-likeness (QED) is 0.517. The third kappa shape index (κ3) is 5.10. The van der Waals surface area contributed by atoms with Crippen molar-refractivity contribution in [3.05, 3.63) is 49.2 Å². The van der Waals surface area contributed by atoms with Crippen LogP contribution in [-0.4, -0.2) is 70.4 Å². The Morgan fingerprint density at radius 2 is 1.84 bits per heavy atom. The van der Waals surface area contributed by atoms with E-state index in [1.165, 1.54) is 54.0 Å². The van der Waals surface area contributed by atoms with Crippen molar-refractivity contribution in [2.75, 3.05) is 31.1 Å². The first-order valence-electron chi connectivity index (χ1n) is 14.7. The first-order chi connectivity index (χ1) is 18.3. The largest absolute Gasteiger partial charge is 0.374 e. The molecule has 6 rings (SSSR count). The summed E-state index contributed by atoms with van der Waals surface area (Å²) >= 11 is 1.89. The molecular formula is C30H44N4O3S. The first-order valence-corrected chi connectivity index (χ1v) is 15.5. The monoisotopic (exact) mass is 540 g/mol. The lowest BCUT2D eigenvalue weighted by atomic mass is 9.87. The van der Waals surface area contributed by atoms with Gasteiger partial charge in [-0.3, -0.25) is 14.6 Å². The minimum Gasteiger partial charge on any atom is -0.374 e. The van der Waals surface area contributed by atoms with Gasteiger partial charge in [-0.1, -0.05) is 0 Å². The Balaban J connectivity index is 1.11. The molecule has 7 nitrogen and oxygen atoms in total. The van der Waals surface area contributed by atoms with Crippen molar-refractivity contribution in [3.63, 3.8) is 0 Å². The zero-order chi connectivity index (χ0) is 26.6. The molecule has 1 atom stereocenters. The predicted molar refractivity (Wildman–Crippen MR) is 153 cm³/mol. The number of aromatic nitrogens is 1. The van der Waals surface area contributed by atoms with Crippen LogP contribution in [0.2, 0.25) is 0 Å². The van der Waals surface area contributed by atoms with Crippen molar-refractivity contribution in [2.45, 2.75) is 110 Å². The number of aromatic amines is 1. The zero-order valence-electron chi connectivity index (χ0n) is 23.5. The van der Waals surface area contributed by atoms with Gasteiger partial charge in [0.25, 0.3) is 5.56 Å². The Morgan fingerprint density at radius 3 is 2.50 bits per heavy atom. The number of aliphatic hydroxyl groups is 1. The van der Waals surface area contributed by atoms with Gasteiger partial charge in [-0.05, 0) is 89.8 Å². The van der Waals surface area contributed by atoms with Gasteiger partial charge in [0.05, 0.1) is 17.2 Å². The molecule has 208 valence electrons. The van der Waals surface area contributed by atoms with Gasteiger partial charge in [0, 0.05) is 66.5 Å². The Bertz CT molecular complexity index is 1210. The number of pyridine rings is 1. The number of aliphatic hydroxyl groups excluding tert-OH is 1. The number of hydrogen-bond acceptors (Lipinski definition) is 7. The van der Waals surface area contributed by atoms with Crippen LogP contribution in [0.4, 0.5) is 5.00 Å². The van der Waals surface area contributed by atoms with Gasteiger partial charge in [0.2, 0.25) is 0 Å². The van der Waals surface area contributed by atoms with E-state index in [2.05, 4.69) is 33.5 Å². The Morgan fingerprint density at radius 1 is 1.11 bits per heavy atom. The molecule has 8 heteroatoms. The molecule has 1 saturated heterocycles. The van der Waals surface area contributed by atoms with Gasteiger partial charge in [-0.25, -0.2) is 0 Å². The van der Waals surface area contributed by atoms with E-state index in [-0.39, 0.29) is 5.56 Å². The van der Waals surface area contributed by atoms with Gasteiger partial charge < -0.3 is 19.7 Å². The van der Waals surface area contributed by atoms with Crippen LogP contribution in [0.5, 0.6) is 0 Å². The van der Waals surface area contributed by atoms with Crippen LogP contribution in [0.25, 0.3) is 0 Å². The fourth-order valence-corrected chi connectivity index (χ4v) is 8.45. The van der Waals surface area contributed by atoms with Crippen molar-refractivity contribution in [2.24, 2.45) is 0 Å². The molecule has 0 aromatic carbocycles. The zero-order valence-corrected chi connectivity index (χ0v) is 24.3. The van der Waals surface area contributed by atoms with E-state index in [4.69, 9.17) is 4.74 Å². The van der Waals surface area contributed by atoms with Crippen LogP contribution in [0.3, 0.4) is 0 Å². The molecule has 0 radical (unpaired) electrons. The van der Waals surface area contributed by atoms with E-state index >= 15 is 0 Å². The molecule has 0 spiro atoms. The molecule has 3 fully saturated rings. The number of H-pyrrole nitrogens is 1. The minimum atomic E-state index is -0.671. The fraction of sp³-hybridized carbons (Fsp3) is 0.700. The van der Waals surface area contributed by atoms with Crippen molar-refractivity contribution < 1.29 is 9.84 Å². The number of hydrogen-bond donors (Lipinski definition) is 2. The van der Waals surface area contributed by atoms with Crippen molar-refractivity contribution in [1.29, 1.82) is 0 Å². The SMILES string of the molecule is CCN(c1sc2c(c1C)C(O)N(Cc1c(C)cc(C)[nH]c1=O)CC2)[C@H]1CC[C@H](N2CC(OC3CC3)C2)CC1. The van der Waals surface area contributed by atoms with Crippen molar-refractivity contribution >= 4 is 16.3 Å². The standard InChI is InChI=1S/C30H44N4O3S/c1-5-34(22-8-6-21(7-9-22)33-15-24(16-33)37-23-10-11-23)30-20(4)27-26(38-30)12-13-32(29(27)36)17-25-18(2)14-19(3)31-28(25)35/h14,21-24,29,36H,5-13,15-17H2,1-4H3,(H,31,35)/t21-,22-,29?. The number of anilines is 1. The lowest BCUT2D eigenvalue weighted by molar-refractivity contribution is -0.0845. The third-order valence-electron chi connectivity index (χ3n) is 9.34. The maximum atomic E-state index is 12.6. The van der Waals surface area contributed by atoms with E-state index in [9.17, 15) is 9.90 Å². The molecule has 2 aliphatic carbocycles. The van der Waals surface area contributed by atoms with Gasteiger partial charge in [0.1, 0.15) is 6.23 Å².